The summed E-state index contributed by atoms with van der Waals surface area (Å²) in [6.07, 6.45) is 2.32. The largest absolute Gasteiger partial charge is 0.485 e. The molecule has 0 aliphatic rings. The molecule has 0 saturated carbocycles. The van der Waals surface area contributed by atoms with E-state index in [-0.39, 0.29) is 28.8 Å². The normalized spacial score (nSPS) is 10.8. The summed E-state index contributed by atoms with van der Waals surface area (Å²) in [5, 5.41) is 9.05. The minimum absolute atomic E-state index is 0.00573. The van der Waals surface area contributed by atoms with Crippen LogP contribution in [0.15, 0.2) is 30.6 Å². The van der Waals surface area contributed by atoms with Crippen molar-refractivity contribution >= 4 is 17.6 Å². The van der Waals surface area contributed by atoms with E-state index in [9.17, 15) is 13.6 Å². The summed E-state index contributed by atoms with van der Waals surface area (Å²) in [5.74, 6) is -1.28. The fraction of sp³-hybridized carbons (Fsp3) is 0.167. The third-order valence-electron chi connectivity index (χ3n) is 2.51. The van der Waals surface area contributed by atoms with Gasteiger partial charge in [0, 0.05) is 12.4 Å². The Hall–Kier alpha value is -2.15. The number of aromatic nitrogens is 2. The number of imidazole rings is 1. The van der Waals surface area contributed by atoms with Crippen molar-refractivity contribution in [2.24, 2.45) is 0 Å². The summed E-state index contributed by atoms with van der Waals surface area (Å²) >= 11 is 5.77. The Morgan fingerprint density at radius 3 is 2.90 bits per heavy atom. The highest BCUT2D eigenvalue weighted by Gasteiger charge is 2.17. The Morgan fingerprint density at radius 2 is 2.25 bits per heavy atom. The lowest BCUT2D eigenvalue weighted by atomic mass is 10.2. The molecule has 1 heterocycles. The van der Waals surface area contributed by atoms with E-state index in [0.29, 0.717) is 4.57 Å². The summed E-state index contributed by atoms with van der Waals surface area (Å²) < 4.78 is 31.1. The molecule has 5 nitrogen and oxygen atoms in total. The number of ether oxygens (including phenoxy) is 1. The monoisotopic (exact) mass is 302 g/mol. The Balaban J connectivity index is 2.21. The second-order valence-electron chi connectivity index (χ2n) is 3.74. The van der Waals surface area contributed by atoms with Gasteiger partial charge in [-0.15, -0.1) is 0 Å². The number of carboxylic acid groups (broad SMARTS) is 1. The van der Waals surface area contributed by atoms with Gasteiger partial charge in [0.2, 0.25) is 0 Å². The topological polar surface area (TPSA) is 64.3 Å². The van der Waals surface area contributed by atoms with Crippen molar-refractivity contribution in [2.45, 2.75) is 13.2 Å². The third-order valence-corrected chi connectivity index (χ3v) is 2.82. The Kier molecular flexibility index (Phi) is 4.19. The average Bonchev–Trinajstić information content (AvgIpc) is 2.84. The number of halogens is 3. The molecular formula is C12H9ClF2N2O3. The molecule has 8 heteroatoms. The van der Waals surface area contributed by atoms with Gasteiger partial charge in [-0.1, -0.05) is 17.7 Å². The van der Waals surface area contributed by atoms with Crippen LogP contribution in [0.1, 0.15) is 22.7 Å². The Bertz CT molecular complexity index is 631. The van der Waals surface area contributed by atoms with Crippen molar-refractivity contribution in [1.82, 2.24) is 9.55 Å². The van der Waals surface area contributed by atoms with Crippen molar-refractivity contribution in [3.05, 3.63) is 47.0 Å². The van der Waals surface area contributed by atoms with Gasteiger partial charge in [0.05, 0.1) is 5.02 Å². The lowest BCUT2D eigenvalue weighted by Crippen LogP contribution is -2.09. The van der Waals surface area contributed by atoms with Crippen molar-refractivity contribution in [3.63, 3.8) is 0 Å². The zero-order valence-corrected chi connectivity index (χ0v) is 10.7. The molecular weight excluding hydrogens is 294 g/mol. The maximum Gasteiger partial charge on any atom is 0.341 e. The molecule has 0 atom stereocenters. The molecule has 1 aromatic carbocycles. The van der Waals surface area contributed by atoms with Crippen LogP contribution in [0.5, 0.6) is 5.75 Å². The maximum absolute atomic E-state index is 12.6. The lowest BCUT2D eigenvalue weighted by molar-refractivity contribution is 0.0623. The van der Waals surface area contributed by atoms with Crippen LogP contribution < -0.4 is 4.74 Å². The van der Waals surface area contributed by atoms with Crippen LogP contribution in [0, 0.1) is 0 Å². The highest BCUT2D eigenvalue weighted by Crippen LogP contribution is 2.27. The van der Waals surface area contributed by atoms with E-state index in [1.807, 2.05) is 0 Å². The first-order chi connectivity index (χ1) is 9.50. The van der Waals surface area contributed by atoms with Gasteiger partial charge in [0.25, 0.3) is 0 Å². The number of carboxylic acids is 1. The first kappa shape index (κ1) is 14.3. The SMILES string of the molecule is O=C(O)c1c(Cl)cccc1OCc1nccn1C(F)F. The first-order valence-corrected chi connectivity index (χ1v) is 5.83. The first-order valence-electron chi connectivity index (χ1n) is 5.45. The van der Waals surface area contributed by atoms with E-state index in [1.165, 1.54) is 24.4 Å². The zero-order chi connectivity index (χ0) is 14.7. The molecule has 0 aliphatic heterocycles. The lowest BCUT2D eigenvalue weighted by Gasteiger charge is -2.11. The minimum atomic E-state index is -2.74. The molecule has 0 unspecified atom stereocenters. The molecule has 0 saturated heterocycles. The second kappa shape index (κ2) is 5.87. The number of aromatic carboxylic acids is 1. The van der Waals surface area contributed by atoms with Crippen LogP contribution in [-0.2, 0) is 6.61 Å². The highest BCUT2D eigenvalue weighted by atomic mass is 35.5. The van der Waals surface area contributed by atoms with Gasteiger partial charge in [0.1, 0.15) is 17.9 Å². The number of benzene rings is 1. The highest BCUT2D eigenvalue weighted by molar-refractivity contribution is 6.33. The molecule has 0 fully saturated rings. The van der Waals surface area contributed by atoms with Crippen LogP contribution in [0.25, 0.3) is 0 Å². The molecule has 0 bridgehead atoms. The van der Waals surface area contributed by atoms with Crippen LogP contribution in [0.3, 0.4) is 0 Å². The van der Waals surface area contributed by atoms with Gasteiger partial charge >= 0.3 is 12.5 Å². The number of hydrogen-bond donors (Lipinski definition) is 1. The smallest absolute Gasteiger partial charge is 0.341 e. The van der Waals surface area contributed by atoms with Gasteiger partial charge in [-0.05, 0) is 12.1 Å². The number of alkyl halides is 2. The number of carbonyl (C=O) groups is 1. The summed E-state index contributed by atoms with van der Waals surface area (Å²) in [6.45, 7) is -3.03. The van der Waals surface area contributed by atoms with Crippen molar-refractivity contribution in [1.29, 1.82) is 0 Å². The van der Waals surface area contributed by atoms with E-state index in [1.54, 1.807) is 0 Å². The molecule has 2 aromatic rings. The van der Waals surface area contributed by atoms with Crippen LogP contribution in [-0.4, -0.2) is 20.6 Å². The third kappa shape index (κ3) is 2.88. The molecule has 2 rings (SSSR count). The van der Waals surface area contributed by atoms with Gasteiger partial charge in [-0.25, -0.2) is 9.78 Å². The second-order valence-corrected chi connectivity index (χ2v) is 4.14. The van der Waals surface area contributed by atoms with Gasteiger partial charge in [-0.3, -0.25) is 4.57 Å². The standard InChI is InChI=1S/C12H9ClF2N2O3/c13-7-2-1-3-8(10(7)11(18)19)20-6-9-16-4-5-17(9)12(14)15/h1-5,12H,6H2,(H,18,19). The summed E-state index contributed by atoms with van der Waals surface area (Å²) in [7, 11) is 0. The van der Waals surface area contributed by atoms with E-state index >= 15 is 0 Å². The minimum Gasteiger partial charge on any atom is -0.485 e. The van der Waals surface area contributed by atoms with E-state index < -0.39 is 12.5 Å². The maximum atomic E-state index is 12.6. The molecule has 0 spiro atoms. The van der Waals surface area contributed by atoms with Crippen LogP contribution in [0.4, 0.5) is 8.78 Å². The Labute approximate surface area is 117 Å². The van der Waals surface area contributed by atoms with Gasteiger partial charge in [-0.2, -0.15) is 8.78 Å². The van der Waals surface area contributed by atoms with Crippen LogP contribution in [0.2, 0.25) is 5.02 Å². The number of hydrogen-bond acceptors (Lipinski definition) is 3. The molecule has 1 N–H and O–H groups in total. The van der Waals surface area contributed by atoms with E-state index in [4.69, 9.17) is 21.4 Å². The predicted octanol–water partition coefficient (Wildman–Crippen LogP) is 3.21. The summed E-state index contributed by atoms with van der Waals surface area (Å²) in [4.78, 5) is 14.8. The summed E-state index contributed by atoms with van der Waals surface area (Å²) in [5.41, 5.74) is -0.218. The quantitative estimate of drug-likeness (QED) is 0.921. The number of rotatable bonds is 5. The fourth-order valence-electron chi connectivity index (χ4n) is 1.61. The molecule has 0 radical (unpaired) electrons. The van der Waals surface area contributed by atoms with E-state index in [2.05, 4.69) is 4.98 Å². The number of nitrogens with zero attached hydrogens (tertiary/aromatic N) is 2. The molecule has 0 amide bonds. The van der Waals surface area contributed by atoms with Gasteiger partial charge in [0.15, 0.2) is 5.82 Å². The molecule has 0 aliphatic carbocycles. The fourth-order valence-corrected chi connectivity index (χ4v) is 1.85. The molecule has 1 aromatic heterocycles. The van der Waals surface area contributed by atoms with Crippen LogP contribution >= 0.6 is 11.6 Å². The van der Waals surface area contributed by atoms with Crippen molar-refractivity contribution < 1.29 is 23.4 Å². The zero-order valence-electron chi connectivity index (χ0n) is 9.96. The predicted molar refractivity (Wildman–Crippen MR) is 66.2 cm³/mol. The van der Waals surface area contributed by atoms with Gasteiger partial charge < -0.3 is 9.84 Å². The van der Waals surface area contributed by atoms with Crippen molar-refractivity contribution in [3.8, 4) is 5.75 Å². The van der Waals surface area contributed by atoms with Crippen molar-refractivity contribution in [2.75, 3.05) is 0 Å². The molecule has 20 heavy (non-hydrogen) atoms. The molecule has 106 valence electrons. The van der Waals surface area contributed by atoms with E-state index in [0.717, 1.165) is 6.20 Å². The average molecular weight is 303 g/mol. The Morgan fingerprint density at radius 1 is 1.50 bits per heavy atom. The summed E-state index contributed by atoms with van der Waals surface area (Å²) in [6, 6.07) is 4.30.